The molecule has 0 saturated carbocycles. The fourth-order valence-electron chi connectivity index (χ4n) is 2.08. The second-order valence-electron chi connectivity index (χ2n) is 4.88. The number of rotatable bonds is 5. The second-order valence-corrected chi connectivity index (χ2v) is 5.91. The molecule has 1 heterocycles. The van der Waals surface area contributed by atoms with Gasteiger partial charge in [0.2, 0.25) is 0 Å². The van der Waals surface area contributed by atoms with E-state index in [1.54, 1.807) is 18.4 Å². The molecule has 2 rings (SSSR count). The van der Waals surface area contributed by atoms with E-state index in [4.69, 9.17) is 4.74 Å². The molecular formula is C16H19F3IN3OS. The van der Waals surface area contributed by atoms with Gasteiger partial charge in [-0.25, -0.2) is 0 Å². The molecule has 0 aliphatic carbocycles. The molecular weight excluding hydrogens is 466 g/mol. The molecule has 1 aromatic carbocycles. The molecule has 2 aromatic rings. The Labute approximate surface area is 165 Å². The van der Waals surface area contributed by atoms with Crippen molar-refractivity contribution >= 4 is 41.3 Å². The van der Waals surface area contributed by atoms with Gasteiger partial charge in [-0.3, -0.25) is 4.99 Å². The topological polar surface area (TPSA) is 45.7 Å². The first-order chi connectivity index (χ1) is 11.4. The van der Waals surface area contributed by atoms with E-state index < -0.39 is 11.7 Å². The van der Waals surface area contributed by atoms with E-state index in [0.29, 0.717) is 12.5 Å². The van der Waals surface area contributed by atoms with Crippen molar-refractivity contribution in [3.05, 3.63) is 51.7 Å². The van der Waals surface area contributed by atoms with Crippen LogP contribution in [0.2, 0.25) is 0 Å². The summed E-state index contributed by atoms with van der Waals surface area (Å²) in [4.78, 5) is 5.13. The largest absolute Gasteiger partial charge is 0.497 e. The smallest absolute Gasteiger partial charge is 0.416 e. The van der Waals surface area contributed by atoms with Gasteiger partial charge in [-0.2, -0.15) is 13.2 Å². The van der Waals surface area contributed by atoms with E-state index in [0.717, 1.165) is 10.9 Å². The summed E-state index contributed by atoms with van der Waals surface area (Å²) in [6.45, 7) is 0.565. The third-order valence-electron chi connectivity index (χ3n) is 3.30. The van der Waals surface area contributed by atoms with Crippen molar-refractivity contribution in [1.29, 1.82) is 0 Å². The predicted molar refractivity (Wildman–Crippen MR) is 105 cm³/mol. The maximum atomic E-state index is 13.2. The fraction of sp³-hybridized carbons (Fsp3) is 0.312. The number of alkyl halides is 3. The van der Waals surface area contributed by atoms with Crippen molar-refractivity contribution in [2.24, 2.45) is 4.99 Å². The van der Waals surface area contributed by atoms with Crippen molar-refractivity contribution in [1.82, 2.24) is 10.6 Å². The Kier molecular flexibility index (Phi) is 8.50. The molecule has 0 bridgehead atoms. The van der Waals surface area contributed by atoms with Gasteiger partial charge in [-0.1, -0.05) is 12.1 Å². The van der Waals surface area contributed by atoms with Crippen LogP contribution in [0.4, 0.5) is 13.2 Å². The maximum absolute atomic E-state index is 13.2. The average molecular weight is 485 g/mol. The first-order valence-electron chi connectivity index (χ1n) is 7.15. The van der Waals surface area contributed by atoms with Gasteiger partial charge in [0.25, 0.3) is 0 Å². The van der Waals surface area contributed by atoms with Crippen molar-refractivity contribution < 1.29 is 17.9 Å². The lowest BCUT2D eigenvalue weighted by atomic mass is 10.1. The Morgan fingerprint density at radius 2 is 1.92 bits per heavy atom. The molecule has 0 saturated heterocycles. The molecule has 0 radical (unpaired) electrons. The van der Waals surface area contributed by atoms with Crippen LogP contribution >= 0.6 is 35.3 Å². The van der Waals surface area contributed by atoms with Crippen LogP contribution in [-0.4, -0.2) is 20.1 Å². The van der Waals surface area contributed by atoms with Crippen LogP contribution in [0.25, 0.3) is 0 Å². The number of aliphatic imine (C=N–C) groups is 1. The van der Waals surface area contributed by atoms with E-state index in [9.17, 15) is 13.2 Å². The van der Waals surface area contributed by atoms with Gasteiger partial charge in [0.1, 0.15) is 5.75 Å². The average Bonchev–Trinajstić information content (AvgIpc) is 3.07. The Bertz CT molecular complexity index is 690. The highest BCUT2D eigenvalue weighted by molar-refractivity contribution is 14.0. The van der Waals surface area contributed by atoms with Gasteiger partial charge < -0.3 is 15.4 Å². The van der Waals surface area contributed by atoms with E-state index in [1.807, 2.05) is 17.5 Å². The van der Waals surface area contributed by atoms with Gasteiger partial charge in [0.05, 0.1) is 19.2 Å². The monoisotopic (exact) mass is 485 g/mol. The lowest BCUT2D eigenvalue weighted by molar-refractivity contribution is -0.138. The lowest BCUT2D eigenvalue weighted by Gasteiger charge is -2.16. The zero-order chi connectivity index (χ0) is 17.6. The maximum Gasteiger partial charge on any atom is 0.416 e. The molecule has 0 aliphatic rings. The Hall–Kier alpha value is -1.49. The van der Waals surface area contributed by atoms with E-state index in [-0.39, 0.29) is 41.8 Å². The number of hydrogen-bond donors (Lipinski definition) is 2. The minimum absolute atomic E-state index is 0. The first-order valence-corrected chi connectivity index (χ1v) is 8.03. The highest BCUT2D eigenvalue weighted by Gasteiger charge is 2.33. The van der Waals surface area contributed by atoms with Crippen LogP contribution < -0.4 is 15.4 Å². The number of methoxy groups -OCH3 is 1. The van der Waals surface area contributed by atoms with Gasteiger partial charge in [-0.05, 0) is 29.1 Å². The Morgan fingerprint density at radius 1 is 1.20 bits per heavy atom. The highest BCUT2D eigenvalue weighted by Crippen LogP contribution is 2.34. The van der Waals surface area contributed by atoms with Crippen LogP contribution in [0.1, 0.15) is 16.0 Å². The summed E-state index contributed by atoms with van der Waals surface area (Å²) >= 11 is 1.59. The summed E-state index contributed by atoms with van der Waals surface area (Å²) in [5.41, 5.74) is -0.592. The molecule has 4 nitrogen and oxygen atoms in total. The van der Waals surface area contributed by atoms with E-state index in [2.05, 4.69) is 15.6 Å². The normalized spacial score (nSPS) is 11.6. The van der Waals surface area contributed by atoms with Crippen LogP contribution in [0.3, 0.4) is 0 Å². The zero-order valence-electron chi connectivity index (χ0n) is 13.7. The summed E-state index contributed by atoms with van der Waals surface area (Å²) in [6.07, 6.45) is -4.44. The van der Waals surface area contributed by atoms with Gasteiger partial charge in [0, 0.05) is 18.5 Å². The molecule has 0 atom stereocenters. The molecule has 9 heteroatoms. The number of thiophene rings is 1. The van der Waals surface area contributed by atoms with Crippen LogP contribution in [0.15, 0.2) is 40.7 Å². The molecule has 138 valence electrons. The number of halogens is 4. The minimum Gasteiger partial charge on any atom is -0.497 e. The summed E-state index contributed by atoms with van der Waals surface area (Å²) in [7, 11) is 2.91. The first kappa shape index (κ1) is 21.6. The molecule has 0 fully saturated rings. The highest BCUT2D eigenvalue weighted by atomic mass is 127. The molecule has 2 N–H and O–H groups in total. The van der Waals surface area contributed by atoms with Crippen molar-refractivity contribution in [3.63, 3.8) is 0 Å². The van der Waals surface area contributed by atoms with Crippen molar-refractivity contribution in [2.75, 3.05) is 14.2 Å². The van der Waals surface area contributed by atoms with E-state index >= 15 is 0 Å². The number of nitrogens with one attached hydrogen (secondary N) is 2. The molecule has 1 aromatic heterocycles. The molecule has 25 heavy (non-hydrogen) atoms. The standard InChI is InChI=1S/C16H18F3N3OS.HI/c1-20-15(22-10-13-4-3-7-24-13)21-9-11-5-6-12(23-2)8-14(11)16(17,18)19;/h3-8H,9-10H2,1-2H3,(H2,20,21,22);1H. The quantitative estimate of drug-likeness (QED) is 0.378. The molecule has 0 amide bonds. The summed E-state index contributed by atoms with van der Waals surface area (Å²) in [5.74, 6) is 0.610. The molecule has 0 aliphatic heterocycles. The minimum atomic E-state index is -4.44. The van der Waals surface area contributed by atoms with Crippen molar-refractivity contribution in [3.8, 4) is 5.75 Å². The second kappa shape index (κ2) is 9.85. The number of benzene rings is 1. The van der Waals surface area contributed by atoms with Crippen LogP contribution in [0.5, 0.6) is 5.75 Å². The molecule has 0 spiro atoms. The van der Waals surface area contributed by atoms with Crippen LogP contribution in [0, 0.1) is 0 Å². The van der Waals surface area contributed by atoms with E-state index in [1.165, 1.54) is 19.2 Å². The summed E-state index contributed by atoms with van der Waals surface area (Å²) in [6, 6.07) is 7.81. The fourth-order valence-corrected chi connectivity index (χ4v) is 2.73. The number of guanidine groups is 1. The van der Waals surface area contributed by atoms with Gasteiger partial charge >= 0.3 is 6.18 Å². The number of nitrogens with zero attached hydrogens (tertiary/aromatic N) is 1. The van der Waals surface area contributed by atoms with Gasteiger partial charge in [-0.15, -0.1) is 35.3 Å². The molecule has 0 unspecified atom stereocenters. The van der Waals surface area contributed by atoms with Crippen LogP contribution in [-0.2, 0) is 19.3 Å². The van der Waals surface area contributed by atoms with Gasteiger partial charge in [0.15, 0.2) is 5.96 Å². The number of hydrogen-bond acceptors (Lipinski definition) is 3. The zero-order valence-corrected chi connectivity index (χ0v) is 16.8. The third kappa shape index (κ3) is 6.38. The third-order valence-corrected chi connectivity index (χ3v) is 4.18. The summed E-state index contributed by atoms with van der Waals surface area (Å²) < 4.78 is 44.4. The Balaban J connectivity index is 0.00000312. The summed E-state index contributed by atoms with van der Waals surface area (Å²) in [5, 5.41) is 7.93. The number of ether oxygens (including phenoxy) is 1. The predicted octanol–water partition coefficient (Wildman–Crippen LogP) is 4.26. The van der Waals surface area contributed by atoms with Crippen molar-refractivity contribution in [2.45, 2.75) is 19.3 Å². The lowest BCUT2D eigenvalue weighted by Crippen LogP contribution is -2.36. The SMILES string of the molecule is CN=C(NCc1cccs1)NCc1ccc(OC)cc1C(F)(F)F.I. The Morgan fingerprint density at radius 3 is 2.48 bits per heavy atom.